The van der Waals surface area contributed by atoms with Gasteiger partial charge < -0.3 is 20.1 Å². The topological polar surface area (TPSA) is 44.6 Å². The Kier molecular flexibility index (Phi) is 8.01. The summed E-state index contributed by atoms with van der Waals surface area (Å²) in [5.74, 6) is 0.906. The fourth-order valence-electron chi connectivity index (χ4n) is 3.18. The fraction of sp³-hybridized carbons (Fsp3) is 0.722. The monoisotopic (exact) mass is 319 g/mol. The Morgan fingerprint density at radius 2 is 1.87 bits per heavy atom. The standard InChI is InChI=1S/C18H33N5/c1-17-9-3-5-14-23(17)15-6-4-10-20-18(19-2)21-11-16-22-12-7-8-13-22/h7-8,12-13,17H,3-6,9-11,14-16H2,1-2H3,(H2,19,20,21). The number of aromatic nitrogens is 1. The maximum Gasteiger partial charge on any atom is 0.191 e. The first-order chi connectivity index (χ1) is 11.3. The Hall–Kier alpha value is -1.49. The van der Waals surface area contributed by atoms with Gasteiger partial charge in [-0.1, -0.05) is 6.42 Å². The van der Waals surface area contributed by atoms with Crippen LogP contribution in [0.25, 0.3) is 0 Å². The molecule has 130 valence electrons. The molecule has 0 bridgehead atoms. The van der Waals surface area contributed by atoms with Gasteiger partial charge in [-0.25, -0.2) is 0 Å². The van der Waals surface area contributed by atoms with Crippen LogP contribution in [0.5, 0.6) is 0 Å². The van der Waals surface area contributed by atoms with E-state index in [1.807, 2.05) is 7.05 Å². The quantitative estimate of drug-likeness (QED) is 0.439. The van der Waals surface area contributed by atoms with Crippen molar-refractivity contribution in [3.8, 4) is 0 Å². The van der Waals surface area contributed by atoms with E-state index in [1.54, 1.807) is 0 Å². The first-order valence-corrected chi connectivity index (χ1v) is 9.09. The largest absolute Gasteiger partial charge is 0.356 e. The van der Waals surface area contributed by atoms with Crippen LogP contribution in [0.15, 0.2) is 29.5 Å². The molecule has 2 N–H and O–H groups in total. The molecule has 2 heterocycles. The van der Waals surface area contributed by atoms with Crippen molar-refractivity contribution in [3.05, 3.63) is 24.5 Å². The fourth-order valence-corrected chi connectivity index (χ4v) is 3.18. The highest BCUT2D eigenvalue weighted by molar-refractivity contribution is 5.79. The van der Waals surface area contributed by atoms with Crippen LogP contribution in [-0.2, 0) is 6.54 Å². The number of piperidine rings is 1. The van der Waals surface area contributed by atoms with E-state index < -0.39 is 0 Å². The second kappa shape index (κ2) is 10.3. The summed E-state index contributed by atoms with van der Waals surface area (Å²) >= 11 is 0. The van der Waals surface area contributed by atoms with Crippen LogP contribution in [0.3, 0.4) is 0 Å². The van der Waals surface area contributed by atoms with E-state index in [-0.39, 0.29) is 0 Å². The highest BCUT2D eigenvalue weighted by Gasteiger charge is 2.16. The van der Waals surface area contributed by atoms with Crippen molar-refractivity contribution >= 4 is 5.96 Å². The molecule has 23 heavy (non-hydrogen) atoms. The van der Waals surface area contributed by atoms with Gasteiger partial charge >= 0.3 is 0 Å². The Bertz CT molecular complexity index is 440. The minimum Gasteiger partial charge on any atom is -0.356 e. The van der Waals surface area contributed by atoms with Crippen LogP contribution in [0, 0.1) is 0 Å². The zero-order chi connectivity index (χ0) is 16.3. The average Bonchev–Trinajstić information content (AvgIpc) is 3.08. The molecule has 1 aromatic heterocycles. The van der Waals surface area contributed by atoms with Crippen LogP contribution in [0.4, 0.5) is 0 Å². The van der Waals surface area contributed by atoms with Gasteiger partial charge in [0, 0.05) is 45.1 Å². The second-order valence-electron chi connectivity index (χ2n) is 6.43. The molecule has 0 saturated carbocycles. The Balaban J connectivity index is 1.51. The first-order valence-electron chi connectivity index (χ1n) is 9.09. The third-order valence-electron chi connectivity index (χ3n) is 4.66. The number of hydrogen-bond acceptors (Lipinski definition) is 2. The lowest BCUT2D eigenvalue weighted by Crippen LogP contribution is -2.40. The zero-order valence-corrected chi connectivity index (χ0v) is 14.8. The minimum absolute atomic E-state index is 0.778. The molecule has 0 aliphatic carbocycles. The number of aliphatic imine (C=N–C) groups is 1. The molecule has 0 spiro atoms. The predicted molar refractivity (Wildman–Crippen MR) is 97.9 cm³/mol. The molecular formula is C18H33N5. The lowest BCUT2D eigenvalue weighted by atomic mass is 10.0. The third-order valence-corrected chi connectivity index (χ3v) is 4.66. The van der Waals surface area contributed by atoms with Gasteiger partial charge in [0.1, 0.15) is 0 Å². The number of guanidine groups is 1. The van der Waals surface area contributed by atoms with Crippen LogP contribution >= 0.6 is 0 Å². The summed E-state index contributed by atoms with van der Waals surface area (Å²) in [5.41, 5.74) is 0. The first kappa shape index (κ1) is 17.9. The minimum atomic E-state index is 0.778. The Morgan fingerprint density at radius 1 is 1.09 bits per heavy atom. The van der Waals surface area contributed by atoms with Gasteiger partial charge in [0.15, 0.2) is 5.96 Å². The maximum atomic E-state index is 4.28. The summed E-state index contributed by atoms with van der Waals surface area (Å²) in [7, 11) is 1.83. The van der Waals surface area contributed by atoms with Gasteiger partial charge in [0.2, 0.25) is 0 Å². The molecule has 0 radical (unpaired) electrons. The number of nitrogens with zero attached hydrogens (tertiary/aromatic N) is 3. The predicted octanol–water partition coefficient (Wildman–Crippen LogP) is 2.31. The molecule has 0 aromatic carbocycles. The van der Waals surface area contributed by atoms with Gasteiger partial charge in [-0.05, 0) is 57.8 Å². The molecule has 0 amide bonds. The number of likely N-dealkylation sites (tertiary alicyclic amines) is 1. The molecule has 1 atom stereocenters. The van der Waals surface area contributed by atoms with Gasteiger partial charge in [0.25, 0.3) is 0 Å². The zero-order valence-electron chi connectivity index (χ0n) is 14.8. The molecule has 2 rings (SSSR count). The summed E-state index contributed by atoms with van der Waals surface area (Å²) in [6, 6.07) is 4.88. The van der Waals surface area contributed by atoms with E-state index in [0.717, 1.165) is 31.6 Å². The summed E-state index contributed by atoms with van der Waals surface area (Å²) in [6.45, 7) is 7.74. The highest BCUT2D eigenvalue weighted by Crippen LogP contribution is 2.16. The molecular weight excluding hydrogens is 286 g/mol. The molecule has 1 unspecified atom stereocenters. The number of unbranched alkanes of at least 4 members (excludes halogenated alkanes) is 1. The van der Waals surface area contributed by atoms with Crippen molar-refractivity contribution in [2.75, 3.05) is 33.2 Å². The van der Waals surface area contributed by atoms with Crippen LogP contribution in [-0.4, -0.2) is 54.7 Å². The van der Waals surface area contributed by atoms with Gasteiger partial charge in [-0.3, -0.25) is 4.99 Å². The smallest absolute Gasteiger partial charge is 0.191 e. The van der Waals surface area contributed by atoms with E-state index in [0.29, 0.717) is 0 Å². The van der Waals surface area contributed by atoms with Crippen molar-refractivity contribution in [3.63, 3.8) is 0 Å². The van der Waals surface area contributed by atoms with E-state index in [4.69, 9.17) is 0 Å². The molecule has 1 aliphatic rings. The van der Waals surface area contributed by atoms with E-state index in [9.17, 15) is 0 Å². The van der Waals surface area contributed by atoms with Crippen molar-refractivity contribution in [1.82, 2.24) is 20.1 Å². The lowest BCUT2D eigenvalue weighted by Gasteiger charge is -2.33. The van der Waals surface area contributed by atoms with Crippen molar-refractivity contribution in [2.24, 2.45) is 4.99 Å². The number of rotatable bonds is 8. The highest BCUT2D eigenvalue weighted by atomic mass is 15.2. The van der Waals surface area contributed by atoms with Crippen LogP contribution < -0.4 is 10.6 Å². The number of nitrogens with one attached hydrogen (secondary N) is 2. The Morgan fingerprint density at radius 3 is 2.61 bits per heavy atom. The summed E-state index contributed by atoms with van der Waals surface area (Å²) < 4.78 is 2.17. The SMILES string of the molecule is CN=C(NCCCCN1CCCCC1C)NCCn1cccc1. The maximum absolute atomic E-state index is 4.28. The molecule has 1 aliphatic heterocycles. The van der Waals surface area contributed by atoms with Gasteiger partial charge in [-0.2, -0.15) is 0 Å². The summed E-state index contributed by atoms with van der Waals surface area (Å²) in [4.78, 5) is 6.93. The molecule has 5 nitrogen and oxygen atoms in total. The number of hydrogen-bond donors (Lipinski definition) is 2. The lowest BCUT2D eigenvalue weighted by molar-refractivity contribution is 0.158. The molecule has 5 heteroatoms. The van der Waals surface area contributed by atoms with Gasteiger partial charge in [0.05, 0.1) is 0 Å². The van der Waals surface area contributed by atoms with Crippen molar-refractivity contribution in [1.29, 1.82) is 0 Å². The van der Waals surface area contributed by atoms with E-state index in [2.05, 4.69) is 56.5 Å². The Labute approximate surface area is 141 Å². The van der Waals surface area contributed by atoms with Gasteiger partial charge in [-0.15, -0.1) is 0 Å². The average molecular weight is 319 g/mol. The molecule has 1 aromatic rings. The van der Waals surface area contributed by atoms with E-state index in [1.165, 1.54) is 45.2 Å². The summed E-state index contributed by atoms with van der Waals surface area (Å²) in [6.07, 6.45) is 10.8. The molecule has 1 saturated heterocycles. The normalized spacial score (nSPS) is 19.7. The third kappa shape index (κ3) is 6.65. The van der Waals surface area contributed by atoms with Crippen LogP contribution in [0.1, 0.15) is 39.0 Å². The van der Waals surface area contributed by atoms with Crippen LogP contribution in [0.2, 0.25) is 0 Å². The molecule has 1 fully saturated rings. The summed E-state index contributed by atoms with van der Waals surface area (Å²) in [5, 5.41) is 6.77. The van der Waals surface area contributed by atoms with Crippen molar-refractivity contribution < 1.29 is 0 Å². The van der Waals surface area contributed by atoms with Crippen molar-refractivity contribution in [2.45, 2.75) is 51.6 Å². The van der Waals surface area contributed by atoms with E-state index >= 15 is 0 Å². The second-order valence-corrected chi connectivity index (χ2v) is 6.43.